The maximum atomic E-state index is 11.0. The molecule has 0 aliphatic heterocycles. The predicted octanol–water partition coefficient (Wildman–Crippen LogP) is 2.27. The van der Waals surface area contributed by atoms with Crippen LogP contribution in [0.4, 0.5) is 0 Å². The van der Waals surface area contributed by atoms with Gasteiger partial charge in [-0.15, -0.1) is 0 Å². The molecule has 0 heterocycles. The maximum Gasteiger partial charge on any atom is 0.306 e. The minimum atomic E-state index is -0.00319. The molecule has 0 spiro atoms. The van der Waals surface area contributed by atoms with Crippen LogP contribution in [-0.4, -0.2) is 12.1 Å². The van der Waals surface area contributed by atoms with Gasteiger partial charge in [0.15, 0.2) is 0 Å². The van der Waals surface area contributed by atoms with Crippen molar-refractivity contribution in [2.45, 2.75) is 51.6 Å². The van der Waals surface area contributed by atoms with Crippen molar-refractivity contribution in [3.63, 3.8) is 0 Å². The Bertz CT molecular complexity index is 128. The highest BCUT2D eigenvalue weighted by molar-refractivity contribution is 5.69. The molecular weight excluding hydrogens is 140 g/mol. The topological polar surface area (TPSA) is 26.3 Å². The Kier molecular flexibility index (Phi) is 3.40. The molecule has 0 atom stereocenters. The molecule has 64 valence electrons. The number of rotatable bonds is 4. The molecule has 0 bridgehead atoms. The highest BCUT2D eigenvalue weighted by Crippen LogP contribution is 2.22. The van der Waals surface area contributed by atoms with Gasteiger partial charge in [-0.05, 0) is 25.7 Å². The standard InChI is InChI=1S/C9H16O2/c1-2-3-7-9(10)11-8-5-4-6-8/h8H,2-7H2,1H3. The number of carbonyl (C=O) groups excluding carboxylic acids is 1. The van der Waals surface area contributed by atoms with Gasteiger partial charge in [0.1, 0.15) is 6.10 Å². The summed E-state index contributed by atoms with van der Waals surface area (Å²) in [5, 5.41) is 0. The van der Waals surface area contributed by atoms with Gasteiger partial charge < -0.3 is 4.74 Å². The maximum absolute atomic E-state index is 11.0. The number of hydrogen-bond acceptors (Lipinski definition) is 2. The van der Waals surface area contributed by atoms with Gasteiger partial charge in [-0.3, -0.25) is 4.79 Å². The van der Waals surface area contributed by atoms with Crippen molar-refractivity contribution in [1.29, 1.82) is 0 Å². The van der Waals surface area contributed by atoms with Crippen LogP contribution in [0.15, 0.2) is 0 Å². The molecule has 1 aliphatic carbocycles. The first-order chi connectivity index (χ1) is 5.33. The SMILES string of the molecule is CCCCC(=O)OC1CCC1. The third-order valence-corrected chi connectivity index (χ3v) is 2.08. The van der Waals surface area contributed by atoms with E-state index in [1.165, 1.54) is 6.42 Å². The van der Waals surface area contributed by atoms with Crippen LogP contribution >= 0.6 is 0 Å². The van der Waals surface area contributed by atoms with Crippen LogP contribution in [0.5, 0.6) is 0 Å². The Morgan fingerprint density at radius 2 is 2.27 bits per heavy atom. The quantitative estimate of drug-likeness (QED) is 0.584. The minimum absolute atomic E-state index is 0.00319. The second kappa shape index (κ2) is 4.37. The van der Waals surface area contributed by atoms with E-state index >= 15 is 0 Å². The molecule has 1 saturated carbocycles. The molecule has 0 aromatic heterocycles. The first-order valence-corrected chi connectivity index (χ1v) is 4.52. The summed E-state index contributed by atoms with van der Waals surface area (Å²) in [6, 6.07) is 0. The van der Waals surface area contributed by atoms with Gasteiger partial charge in [0, 0.05) is 6.42 Å². The summed E-state index contributed by atoms with van der Waals surface area (Å²) in [6.07, 6.45) is 6.29. The van der Waals surface area contributed by atoms with Gasteiger partial charge in [-0.25, -0.2) is 0 Å². The van der Waals surface area contributed by atoms with Gasteiger partial charge in [0.05, 0.1) is 0 Å². The lowest BCUT2D eigenvalue weighted by Gasteiger charge is -2.25. The average molecular weight is 156 g/mol. The van der Waals surface area contributed by atoms with Crippen molar-refractivity contribution in [3.05, 3.63) is 0 Å². The van der Waals surface area contributed by atoms with Crippen LogP contribution in [-0.2, 0) is 9.53 Å². The molecule has 1 rings (SSSR count). The monoisotopic (exact) mass is 156 g/mol. The van der Waals surface area contributed by atoms with E-state index in [1.807, 2.05) is 0 Å². The molecule has 0 aromatic rings. The van der Waals surface area contributed by atoms with E-state index < -0.39 is 0 Å². The van der Waals surface area contributed by atoms with E-state index in [2.05, 4.69) is 6.92 Å². The van der Waals surface area contributed by atoms with Crippen molar-refractivity contribution in [1.82, 2.24) is 0 Å². The number of hydrogen-bond donors (Lipinski definition) is 0. The van der Waals surface area contributed by atoms with Crippen molar-refractivity contribution in [3.8, 4) is 0 Å². The summed E-state index contributed by atoms with van der Waals surface area (Å²) < 4.78 is 5.15. The molecule has 0 radical (unpaired) electrons. The summed E-state index contributed by atoms with van der Waals surface area (Å²) >= 11 is 0. The second-order valence-corrected chi connectivity index (χ2v) is 3.15. The minimum Gasteiger partial charge on any atom is -0.462 e. The predicted molar refractivity (Wildman–Crippen MR) is 43.3 cm³/mol. The Labute approximate surface area is 67.9 Å². The molecule has 11 heavy (non-hydrogen) atoms. The van der Waals surface area contributed by atoms with Gasteiger partial charge in [-0.2, -0.15) is 0 Å². The van der Waals surface area contributed by atoms with E-state index in [-0.39, 0.29) is 12.1 Å². The van der Waals surface area contributed by atoms with Gasteiger partial charge >= 0.3 is 5.97 Å². The lowest BCUT2D eigenvalue weighted by atomic mass is 9.96. The summed E-state index contributed by atoms with van der Waals surface area (Å²) in [5.74, 6) is -0.00319. The lowest BCUT2D eigenvalue weighted by molar-refractivity contribution is -0.153. The lowest BCUT2D eigenvalue weighted by Crippen LogP contribution is -2.24. The van der Waals surface area contributed by atoms with Gasteiger partial charge in [-0.1, -0.05) is 13.3 Å². The van der Waals surface area contributed by atoms with Crippen molar-refractivity contribution in [2.24, 2.45) is 0 Å². The van der Waals surface area contributed by atoms with Gasteiger partial charge in [0.25, 0.3) is 0 Å². The van der Waals surface area contributed by atoms with Crippen molar-refractivity contribution < 1.29 is 9.53 Å². The van der Waals surface area contributed by atoms with Gasteiger partial charge in [0.2, 0.25) is 0 Å². The molecule has 0 N–H and O–H groups in total. The molecule has 2 heteroatoms. The highest BCUT2D eigenvalue weighted by atomic mass is 16.5. The highest BCUT2D eigenvalue weighted by Gasteiger charge is 2.20. The zero-order valence-corrected chi connectivity index (χ0v) is 7.14. The van der Waals surface area contributed by atoms with Crippen LogP contribution in [0.2, 0.25) is 0 Å². The first-order valence-electron chi connectivity index (χ1n) is 4.52. The number of carbonyl (C=O) groups is 1. The fourth-order valence-electron chi connectivity index (χ4n) is 1.05. The second-order valence-electron chi connectivity index (χ2n) is 3.15. The van der Waals surface area contributed by atoms with Crippen LogP contribution in [0.3, 0.4) is 0 Å². The van der Waals surface area contributed by atoms with E-state index in [0.29, 0.717) is 6.42 Å². The van der Waals surface area contributed by atoms with Crippen LogP contribution in [0.25, 0.3) is 0 Å². The van der Waals surface area contributed by atoms with E-state index in [1.54, 1.807) is 0 Å². The summed E-state index contributed by atoms with van der Waals surface area (Å²) in [6.45, 7) is 2.08. The van der Waals surface area contributed by atoms with Crippen LogP contribution in [0.1, 0.15) is 45.4 Å². The Balaban J connectivity index is 2.00. The summed E-state index contributed by atoms with van der Waals surface area (Å²) in [4.78, 5) is 11.0. The molecule has 1 fully saturated rings. The Morgan fingerprint density at radius 3 is 2.73 bits per heavy atom. The number of esters is 1. The molecule has 2 nitrogen and oxygen atoms in total. The Hall–Kier alpha value is -0.530. The third-order valence-electron chi connectivity index (χ3n) is 2.08. The fraction of sp³-hybridized carbons (Fsp3) is 0.889. The molecule has 0 amide bonds. The smallest absolute Gasteiger partial charge is 0.306 e. The molecule has 0 saturated heterocycles. The molecule has 0 aromatic carbocycles. The van der Waals surface area contributed by atoms with E-state index in [4.69, 9.17) is 4.74 Å². The molecule has 1 aliphatic rings. The number of ether oxygens (including phenoxy) is 1. The van der Waals surface area contributed by atoms with E-state index in [0.717, 1.165) is 25.7 Å². The van der Waals surface area contributed by atoms with Crippen molar-refractivity contribution >= 4 is 5.97 Å². The average Bonchev–Trinajstić information content (AvgIpc) is 1.93. The van der Waals surface area contributed by atoms with Crippen LogP contribution < -0.4 is 0 Å². The summed E-state index contributed by atoms with van der Waals surface area (Å²) in [7, 11) is 0. The third kappa shape index (κ3) is 2.91. The number of unbranched alkanes of at least 4 members (excludes halogenated alkanes) is 1. The Morgan fingerprint density at radius 1 is 1.55 bits per heavy atom. The first kappa shape index (κ1) is 8.57. The zero-order chi connectivity index (χ0) is 8.10. The molecular formula is C9H16O2. The largest absolute Gasteiger partial charge is 0.462 e. The van der Waals surface area contributed by atoms with Crippen molar-refractivity contribution in [2.75, 3.05) is 0 Å². The fourth-order valence-corrected chi connectivity index (χ4v) is 1.05. The zero-order valence-electron chi connectivity index (χ0n) is 7.14. The van der Waals surface area contributed by atoms with Crippen LogP contribution in [0, 0.1) is 0 Å². The summed E-state index contributed by atoms with van der Waals surface area (Å²) in [5.41, 5.74) is 0. The van der Waals surface area contributed by atoms with E-state index in [9.17, 15) is 4.79 Å². The normalized spacial score (nSPS) is 17.5. The molecule has 0 unspecified atom stereocenters.